The van der Waals surface area contributed by atoms with Crippen LogP contribution in [0.4, 0.5) is 0 Å². The van der Waals surface area contributed by atoms with Crippen molar-refractivity contribution in [1.82, 2.24) is 20.2 Å². The fourth-order valence-electron chi connectivity index (χ4n) is 1.30. The van der Waals surface area contributed by atoms with Gasteiger partial charge in [0.25, 0.3) is 0 Å². The minimum Gasteiger partial charge on any atom is -0.353 e. The van der Waals surface area contributed by atoms with E-state index in [9.17, 15) is 13.2 Å². The number of sulfonamides is 1. The molecule has 0 atom stereocenters. The molecule has 8 heteroatoms. The van der Waals surface area contributed by atoms with E-state index in [2.05, 4.69) is 20.2 Å². The first-order chi connectivity index (χ1) is 8.08. The lowest BCUT2D eigenvalue weighted by Crippen LogP contribution is -2.31. The average molecular weight is 258 g/mol. The molecule has 1 aromatic heterocycles. The molecule has 1 aromatic rings. The van der Waals surface area contributed by atoms with E-state index in [0.29, 0.717) is 6.04 Å². The van der Waals surface area contributed by atoms with Crippen LogP contribution in [0.25, 0.3) is 0 Å². The second-order valence-corrected chi connectivity index (χ2v) is 5.69. The summed E-state index contributed by atoms with van der Waals surface area (Å²) >= 11 is 0. The number of aromatic nitrogens is 2. The van der Waals surface area contributed by atoms with Gasteiger partial charge in [-0.3, -0.25) is 9.89 Å². The molecule has 1 saturated carbocycles. The Labute approximate surface area is 99.0 Å². The van der Waals surface area contributed by atoms with Crippen LogP contribution in [0.3, 0.4) is 0 Å². The van der Waals surface area contributed by atoms with E-state index >= 15 is 0 Å². The van der Waals surface area contributed by atoms with E-state index in [1.54, 1.807) is 0 Å². The van der Waals surface area contributed by atoms with Crippen molar-refractivity contribution in [3.8, 4) is 0 Å². The topological polar surface area (TPSA) is 104 Å². The van der Waals surface area contributed by atoms with Gasteiger partial charge in [0, 0.05) is 25.2 Å². The summed E-state index contributed by atoms with van der Waals surface area (Å²) in [5.41, 5.74) is 0. The maximum Gasteiger partial charge on any atom is 0.243 e. The summed E-state index contributed by atoms with van der Waals surface area (Å²) < 4.78 is 25.6. The van der Waals surface area contributed by atoms with Gasteiger partial charge in [-0.25, -0.2) is 13.1 Å². The van der Waals surface area contributed by atoms with Crippen molar-refractivity contribution < 1.29 is 13.2 Å². The lowest BCUT2D eigenvalue weighted by Gasteiger charge is -2.05. The third-order valence-corrected chi connectivity index (χ3v) is 3.80. The maximum absolute atomic E-state index is 11.6. The first-order valence-electron chi connectivity index (χ1n) is 5.36. The van der Waals surface area contributed by atoms with Crippen LogP contribution in [-0.2, 0) is 14.8 Å². The van der Waals surface area contributed by atoms with E-state index in [-0.39, 0.29) is 23.8 Å². The molecule has 0 saturated heterocycles. The molecule has 3 N–H and O–H groups in total. The molecule has 0 bridgehead atoms. The quantitative estimate of drug-likeness (QED) is 0.631. The van der Waals surface area contributed by atoms with Crippen LogP contribution in [0.5, 0.6) is 0 Å². The van der Waals surface area contributed by atoms with Gasteiger partial charge in [-0.05, 0) is 12.8 Å². The SMILES string of the molecule is O=C(CCNS(=O)(=O)c1cn[nH]c1)NC1CC1. The minimum absolute atomic E-state index is 0.0695. The van der Waals surface area contributed by atoms with Crippen molar-refractivity contribution in [2.45, 2.75) is 30.2 Å². The van der Waals surface area contributed by atoms with Gasteiger partial charge >= 0.3 is 0 Å². The Kier molecular flexibility index (Phi) is 3.43. The molecule has 17 heavy (non-hydrogen) atoms. The van der Waals surface area contributed by atoms with Gasteiger partial charge in [0.1, 0.15) is 4.90 Å². The Hall–Kier alpha value is -1.41. The zero-order valence-electron chi connectivity index (χ0n) is 9.14. The Balaban J connectivity index is 1.76. The van der Waals surface area contributed by atoms with E-state index in [4.69, 9.17) is 0 Å². The summed E-state index contributed by atoms with van der Waals surface area (Å²) in [5, 5.41) is 8.76. The fourth-order valence-corrected chi connectivity index (χ4v) is 2.23. The Morgan fingerprint density at radius 1 is 1.53 bits per heavy atom. The standard InChI is InChI=1S/C9H14N4O3S/c14-9(13-7-1-2-7)3-4-12-17(15,16)8-5-10-11-6-8/h5-7,12H,1-4H2,(H,10,11)(H,13,14). The predicted octanol–water partition coefficient (Wildman–Crippen LogP) is -0.643. The van der Waals surface area contributed by atoms with Crippen LogP contribution in [0.2, 0.25) is 0 Å². The Morgan fingerprint density at radius 3 is 2.88 bits per heavy atom. The number of hydrogen-bond acceptors (Lipinski definition) is 4. The molecule has 1 fully saturated rings. The van der Waals surface area contributed by atoms with Crippen molar-refractivity contribution in [2.75, 3.05) is 6.54 Å². The van der Waals surface area contributed by atoms with E-state index in [0.717, 1.165) is 12.8 Å². The number of carbonyl (C=O) groups excluding carboxylic acids is 1. The monoisotopic (exact) mass is 258 g/mol. The highest BCUT2D eigenvalue weighted by atomic mass is 32.2. The highest BCUT2D eigenvalue weighted by Crippen LogP contribution is 2.18. The van der Waals surface area contributed by atoms with Gasteiger partial charge in [0.15, 0.2) is 0 Å². The van der Waals surface area contributed by atoms with E-state index in [1.165, 1.54) is 12.4 Å². The number of H-pyrrole nitrogens is 1. The second-order valence-electron chi connectivity index (χ2n) is 3.92. The third-order valence-electron chi connectivity index (χ3n) is 2.37. The van der Waals surface area contributed by atoms with Gasteiger partial charge in [-0.2, -0.15) is 5.10 Å². The van der Waals surface area contributed by atoms with Crippen LogP contribution >= 0.6 is 0 Å². The van der Waals surface area contributed by atoms with Crippen LogP contribution in [0.1, 0.15) is 19.3 Å². The number of amides is 1. The van der Waals surface area contributed by atoms with Crippen LogP contribution < -0.4 is 10.0 Å². The highest BCUT2D eigenvalue weighted by molar-refractivity contribution is 7.89. The molecule has 0 radical (unpaired) electrons. The number of aromatic amines is 1. The average Bonchev–Trinajstić information content (AvgIpc) is 2.89. The summed E-state index contributed by atoms with van der Waals surface area (Å²) in [6.45, 7) is 0.0894. The number of rotatable bonds is 6. The largest absolute Gasteiger partial charge is 0.353 e. The molecule has 2 rings (SSSR count). The van der Waals surface area contributed by atoms with Gasteiger partial charge in [0.2, 0.25) is 15.9 Å². The molecule has 0 aliphatic heterocycles. The molecule has 0 spiro atoms. The number of nitrogens with one attached hydrogen (secondary N) is 3. The summed E-state index contributed by atoms with van der Waals surface area (Å²) in [7, 11) is -3.55. The number of carbonyl (C=O) groups is 1. The van der Waals surface area contributed by atoms with Crippen molar-refractivity contribution >= 4 is 15.9 Å². The molecular formula is C9H14N4O3S. The first kappa shape index (κ1) is 12.1. The van der Waals surface area contributed by atoms with Gasteiger partial charge in [-0.1, -0.05) is 0 Å². The van der Waals surface area contributed by atoms with Gasteiger partial charge in [-0.15, -0.1) is 0 Å². The summed E-state index contributed by atoms with van der Waals surface area (Å²) in [6, 6.07) is 0.299. The molecule has 7 nitrogen and oxygen atoms in total. The minimum atomic E-state index is -3.55. The molecule has 0 unspecified atom stereocenters. The molecular weight excluding hydrogens is 244 g/mol. The fraction of sp³-hybridized carbons (Fsp3) is 0.556. The van der Waals surface area contributed by atoms with Crippen LogP contribution in [-0.4, -0.2) is 37.1 Å². The molecule has 0 aromatic carbocycles. The molecule has 1 amide bonds. The maximum atomic E-state index is 11.6. The van der Waals surface area contributed by atoms with Crippen molar-refractivity contribution in [1.29, 1.82) is 0 Å². The van der Waals surface area contributed by atoms with E-state index < -0.39 is 10.0 Å². The Morgan fingerprint density at radius 2 is 2.29 bits per heavy atom. The first-order valence-corrected chi connectivity index (χ1v) is 6.84. The van der Waals surface area contributed by atoms with Crippen molar-refractivity contribution in [3.63, 3.8) is 0 Å². The normalized spacial score (nSPS) is 15.8. The zero-order chi connectivity index (χ0) is 12.3. The van der Waals surface area contributed by atoms with Gasteiger partial charge < -0.3 is 5.32 Å². The van der Waals surface area contributed by atoms with Crippen molar-refractivity contribution in [2.24, 2.45) is 0 Å². The van der Waals surface area contributed by atoms with E-state index in [1.807, 2.05) is 0 Å². The van der Waals surface area contributed by atoms with Crippen molar-refractivity contribution in [3.05, 3.63) is 12.4 Å². The van der Waals surface area contributed by atoms with Gasteiger partial charge in [0.05, 0.1) is 6.20 Å². The second kappa shape index (κ2) is 4.84. The molecule has 1 aliphatic carbocycles. The predicted molar refractivity (Wildman–Crippen MR) is 59.6 cm³/mol. The summed E-state index contributed by atoms with van der Waals surface area (Å²) in [5.74, 6) is -0.123. The molecule has 1 heterocycles. The third kappa shape index (κ3) is 3.53. The zero-order valence-corrected chi connectivity index (χ0v) is 9.96. The number of nitrogens with zero attached hydrogens (tertiary/aromatic N) is 1. The smallest absolute Gasteiger partial charge is 0.243 e. The summed E-state index contributed by atoms with van der Waals surface area (Å²) in [4.78, 5) is 11.4. The molecule has 94 valence electrons. The number of hydrogen-bond donors (Lipinski definition) is 3. The molecule has 1 aliphatic rings. The lowest BCUT2D eigenvalue weighted by molar-refractivity contribution is -0.121. The lowest BCUT2D eigenvalue weighted by atomic mass is 10.4. The van der Waals surface area contributed by atoms with Crippen LogP contribution in [0, 0.1) is 0 Å². The Bertz CT molecular complexity index is 478. The summed E-state index contributed by atoms with van der Waals surface area (Å²) in [6.07, 6.45) is 4.69. The highest BCUT2D eigenvalue weighted by Gasteiger charge is 2.23. The van der Waals surface area contributed by atoms with Crippen LogP contribution in [0.15, 0.2) is 17.3 Å².